The first-order chi connectivity index (χ1) is 9.04. The Labute approximate surface area is 115 Å². The molecule has 1 aromatic heterocycles. The van der Waals surface area contributed by atoms with Crippen LogP contribution in [-0.4, -0.2) is 48.2 Å². The molecule has 1 rings (SSSR count). The highest BCUT2D eigenvalue weighted by Crippen LogP contribution is 2.05. The van der Waals surface area contributed by atoms with Crippen molar-refractivity contribution in [3.63, 3.8) is 0 Å². The van der Waals surface area contributed by atoms with Crippen molar-refractivity contribution in [1.82, 2.24) is 14.8 Å². The second kappa shape index (κ2) is 7.96. The minimum Gasteiger partial charge on any atom is -0.383 e. The summed E-state index contributed by atoms with van der Waals surface area (Å²) in [5.41, 5.74) is 1.12. The quantitative estimate of drug-likeness (QED) is 0.764. The van der Waals surface area contributed by atoms with E-state index in [1.54, 1.807) is 7.11 Å². The van der Waals surface area contributed by atoms with E-state index in [1.807, 2.05) is 48.7 Å². The van der Waals surface area contributed by atoms with Crippen LogP contribution < -0.4 is 5.32 Å². The number of methoxy groups -OCH3 is 1. The molecule has 0 unspecified atom stereocenters. The zero-order chi connectivity index (χ0) is 14.3. The van der Waals surface area contributed by atoms with Crippen LogP contribution in [-0.2, 0) is 23.1 Å². The second-order valence-electron chi connectivity index (χ2n) is 4.95. The highest BCUT2D eigenvalue weighted by atomic mass is 16.5. The largest absolute Gasteiger partial charge is 0.383 e. The Kier molecular flexibility index (Phi) is 6.59. The minimum absolute atomic E-state index is 0.104. The first-order valence-corrected chi connectivity index (χ1v) is 6.65. The number of aromatic nitrogens is 1. The van der Waals surface area contributed by atoms with Gasteiger partial charge in [0.05, 0.1) is 19.7 Å². The number of carbonyl (C=O) groups is 1. The average Bonchev–Trinajstić information content (AvgIpc) is 2.77. The average molecular weight is 267 g/mol. The number of carbonyl (C=O) groups excluding carboxylic acids is 1. The SMILES string of the molecule is COCCN(Cc1cccn1C)C(=O)CNC(C)C. The van der Waals surface area contributed by atoms with Crippen LogP contribution in [0, 0.1) is 0 Å². The summed E-state index contributed by atoms with van der Waals surface area (Å²) in [7, 11) is 3.64. The lowest BCUT2D eigenvalue weighted by Crippen LogP contribution is -2.41. The molecule has 19 heavy (non-hydrogen) atoms. The van der Waals surface area contributed by atoms with Crippen LogP contribution in [0.2, 0.25) is 0 Å². The highest BCUT2D eigenvalue weighted by molar-refractivity contribution is 5.78. The van der Waals surface area contributed by atoms with Crippen LogP contribution in [0.15, 0.2) is 18.3 Å². The van der Waals surface area contributed by atoms with Crippen molar-refractivity contribution in [1.29, 1.82) is 0 Å². The number of hydrogen-bond acceptors (Lipinski definition) is 3. The third-order valence-electron chi connectivity index (χ3n) is 2.98. The molecule has 0 aliphatic carbocycles. The van der Waals surface area contributed by atoms with Crippen LogP contribution in [0.5, 0.6) is 0 Å². The van der Waals surface area contributed by atoms with Gasteiger partial charge in [-0.1, -0.05) is 13.8 Å². The van der Waals surface area contributed by atoms with Gasteiger partial charge in [0.15, 0.2) is 0 Å². The summed E-state index contributed by atoms with van der Waals surface area (Å²) in [4.78, 5) is 14.0. The minimum atomic E-state index is 0.104. The summed E-state index contributed by atoms with van der Waals surface area (Å²) in [6, 6.07) is 4.33. The van der Waals surface area contributed by atoms with Gasteiger partial charge in [-0.15, -0.1) is 0 Å². The van der Waals surface area contributed by atoms with Gasteiger partial charge in [0, 0.05) is 38.6 Å². The molecule has 1 N–H and O–H groups in total. The summed E-state index contributed by atoms with van der Waals surface area (Å²) in [6.07, 6.45) is 1.99. The van der Waals surface area contributed by atoms with E-state index in [4.69, 9.17) is 4.74 Å². The molecule has 5 nitrogen and oxygen atoms in total. The molecule has 0 radical (unpaired) electrons. The van der Waals surface area contributed by atoms with Crippen molar-refractivity contribution in [2.75, 3.05) is 26.8 Å². The number of rotatable bonds is 8. The van der Waals surface area contributed by atoms with E-state index in [9.17, 15) is 4.79 Å². The van der Waals surface area contributed by atoms with E-state index >= 15 is 0 Å². The van der Waals surface area contributed by atoms with Gasteiger partial charge in [0.25, 0.3) is 0 Å². The molecule has 1 heterocycles. The molecule has 0 saturated carbocycles. The molecule has 0 spiro atoms. The Balaban J connectivity index is 2.60. The van der Waals surface area contributed by atoms with Gasteiger partial charge in [-0.3, -0.25) is 4.79 Å². The Hall–Kier alpha value is -1.33. The van der Waals surface area contributed by atoms with E-state index in [0.29, 0.717) is 32.3 Å². The maximum absolute atomic E-state index is 12.2. The van der Waals surface area contributed by atoms with Gasteiger partial charge in [-0.2, -0.15) is 0 Å². The molecule has 5 heteroatoms. The summed E-state index contributed by atoms with van der Waals surface area (Å²) < 4.78 is 7.11. The fourth-order valence-corrected chi connectivity index (χ4v) is 1.75. The van der Waals surface area contributed by atoms with Gasteiger partial charge in [0.2, 0.25) is 5.91 Å². The Morgan fingerprint density at radius 3 is 2.79 bits per heavy atom. The first-order valence-electron chi connectivity index (χ1n) is 6.65. The number of nitrogens with zero attached hydrogens (tertiary/aromatic N) is 2. The molecule has 0 bridgehead atoms. The van der Waals surface area contributed by atoms with Crippen molar-refractivity contribution in [3.8, 4) is 0 Å². The number of amides is 1. The normalized spacial score (nSPS) is 11.0. The molecule has 1 aromatic rings. The van der Waals surface area contributed by atoms with Crippen LogP contribution in [0.3, 0.4) is 0 Å². The standard InChI is InChI=1S/C14H25N3O2/c1-12(2)15-10-14(18)17(8-9-19-4)11-13-6-5-7-16(13)3/h5-7,12,15H,8-11H2,1-4H3. The highest BCUT2D eigenvalue weighted by Gasteiger charge is 2.15. The van der Waals surface area contributed by atoms with Crippen LogP contribution in [0.1, 0.15) is 19.5 Å². The molecular formula is C14H25N3O2. The smallest absolute Gasteiger partial charge is 0.236 e. The molecular weight excluding hydrogens is 242 g/mol. The predicted molar refractivity (Wildman–Crippen MR) is 75.8 cm³/mol. The lowest BCUT2D eigenvalue weighted by Gasteiger charge is -2.23. The van der Waals surface area contributed by atoms with Crippen molar-refractivity contribution in [2.45, 2.75) is 26.4 Å². The fourth-order valence-electron chi connectivity index (χ4n) is 1.75. The molecule has 108 valence electrons. The van der Waals surface area contributed by atoms with E-state index in [0.717, 1.165) is 5.69 Å². The third kappa shape index (κ3) is 5.44. The van der Waals surface area contributed by atoms with Crippen molar-refractivity contribution >= 4 is 5.91 Å². The van der Waals surface area contributed by atoms with Crippen molar-refractivity contribution < 1.29 is 9.53 Å². The molecule has 0 aliphatic heterocycles. The van der Waals surface area contributed by atoms with Gasteiger partial charge in [-0.25, -0.2) is 0 Å². The third-order valence-corrected chi connectivity index (χ3v) is 2.98. The maximum atomic E-state index is 12.2. The number of ether oxygens (including phenoxy) is 1. The van der Waals surface area contributed by atoms with Crippen LogP contribution in [0.4, 0.5) is 0 Å². The molecule has 0 aromatic carbocycles. The maximum Gasteiger partial charge on any atom is 0.236 e. The monoisotopic (exact) mass is 267 g/mol. The van der Waals surface area contributed by atoms with E-state index in [1.165, 1.54) is 0 Å². The van der Waals surface area contributed by atoms with Crippen LogP contribution >= 0.6 is 0 Å². The second-order valence-corrected chi connectivity index (χ2v) is 4.95. The lowest BCUT2D eigenvalue weighted by molar-refractivity contribution is -0.131. The molecule has 1 amide bonds. The fraction of sp³-hybridized carbons (Fsp3) is 0.643. The van der Waals surface area contributed by atoms with Crippen molar-refractivity contribution in [2.24, 2.45) is 7.05 Å². The molecule has 0 fully saturated rings. The Bertz CT molecular complexity index is 388. The summed E-state index contributed by atoms with van der Waals surface area (Å²) >= 11 is 0. The predicted octanol–water partition coefficient (Wildman–Crippen LogP) is 0.998. The zero-order valence-electron chi connectivity index (χ0n) is 12.3. The first kappa shape index (κ1) is 15.7. The topological polar surface area (TPSA) is 46.5 Å². The lowest BCUT2D eigenvalue weighted by atomic mass is 10.3. The molecule has 0 atom stereocenters. The Morgan fingerprint density at radius 1 is 1.53 bits per heavy atom. The van der Waals surface area contributed by atoms with Gasteiger partial charge >= 0.3 is 0 Å². The van der Waals surface area contributed by atoms with E-state index in [-0.39, 0.29) is 5.91 Å². The van der Waals surface area contributed by atoms with Crippen molar-refractivity contribution in [3.05, 3.63) is 24.0 Å². The van der Waals surface area contributed by atoms with Gasteiger partial charge in [-0.05, 0) is 12.1 Å². The Morgan fingerprint density at radius 2 is 2.26 bits per heavy atom. The van der Waals surface area contributed by atoms with E-state index < -0.39 is 0 Å². The summed E-state index contributed by atoms with van der Waals surface area (Å²) in [6.45, 7) is 6.21. The van der Waals surface area contributed by atoms with E-state index in [2.05, 4.69) is 5.32 Å². The van der Waals surface area contributed by atoms with Gasteiger partial charge in [0.1, 0.15) is 0 Å². The number of nitrogens with one attached hydrogen (secondary N) is 1. The van der Waals surface area contributed by atoms with Gasteiger partial charge < -0.3 is 19.5 Å². The molecule has 0 saturated heterocycles. The number of hydrogen-bond donors (Lipinski definition) is 1. The van der Waals surface area contributed by atoms with Crippen LogP contribution in [0.25, 0.3) is 0 Å². The zero-order valence-corrected chi connectivity index (χ0v) is 12.3. The summed E-state index contributed by atoms with van der Waals surface area (Å²) in [5.74, 6) is 0.104. The number of aryl methyl sites for hydroxylation is 1. The summed E-state index contributed by atoms with van der Waals surface area (Å²) in [5, 5.41) is 3.16. The molecule has 0 aliphatic rings.